The first-order valence-corrected chi connectivity index (χ1v) is 10.6. The topological polar surface area (TPSA) is 18.5 Å². The molecule has 0 bridgehead atoms. The Morgan fingerprint density at radius 3 is 1.96 bits per heavy atom. The summed E-state index contributed by atoms with van der Waals surface area (Å²) in [5.74, 6) is 2.40. The van der Waals surface area contributed by atoms with Crippen molar-refractivity contribution < 1.29 is 9.47 Å². The van der Waals surface area contributed by atoms with Gasteiger partial charge in [0, 0.05) is 17.9 Å². The van der Waals surface area contributed by atoms with Gasteiger partial charge in [-0.15, -0.1) is 0 Å². The van der Waals surface area contributed by atoms with Crippen LogP contribution < -0.4 is 0 Å². The third-order valence-corrected chi connectivity index (χ3v) is 7.10. The van der Waals surface area contributed by atoms with Gasteiger partial charge in [0.2, 0.25) is 0 Å². The Bertz CT molecular complexity index is 532. The van der Waals surface area contributed by atoms with E-state index in [0.29, 0.717) is 0 Å². The molecule has 1 aromatic rings. The van der Waals surface area contributed by atoms with E-state index in [1.807, 2.05) is 12.1 Å². The lowest BCUT2D eigenvalue weighted by molar-refractivity contribution is -0.182. The molecule has 4 rings (SSSR count). The van der Waals surface area contributed by atoms with Crippen molar-refractivity contribution >= 4 is 11.6 Å². The van der Waals surface area contributed by atoms with Gasteiger partial charge in [-0.3, -0.25) is 0 Å². The van der Waals surface area contributed by atoms with Crippen LogP contribution >= 0.6 is 11.6 Å². The predicted octanol–water partition coefficient (Wildman–Crippen LogP) is 6.33. The molecule has 1 heterocycles. The summed E-state index contributed by atoms with van der Waals surface area (Å²) in [6.45, 7) is 1.59. The van der Waals surface area contributed by atoms with E-state index in [0.717, 1.165) is 48.8 Å². The number of benzene rings is 1. The summed E-state index contributed by atoms with van der Waals surface area (Å²) in [4.78, 5) is 0. The molecule has 1 saturated heterocycles. The van der Waals surface area contributed by atoms with Gasteiger partial charge in [-0.25, -0.2) is 0 Å². The smallest absolute Gasteiger partial charge is 0.168 e. The van der Waals surface area contributed by atoms with Crippen LogP contribution in [-0.2, 0) is 9.47 Å². The average Bonchev–Trinajstić information content (AvgIpc) is 3.11. The fourth-order valence-corrected chi connectivity index (χ4v) is 5.31. The van der Waals surface area contributed by atoms with Crippen LogP contribution in [0.4, 0.5) is 0 Å². The van der Waals surface area contributed by atoms with Crippen LogP contribution in [0.3, 0.4) is 0 Å². The summed E-state index contributed by atoms with van der Waals surface area (Å²) < 4.78 is 11.7. The molecule has 1 aliphatic heterocycles. The molecule has 0 unspecified atom stereocenters. The van der Waals surface area contributed by atoms with Crippen molar-refractivity contribution in [2.75, 3.05) is 13.2 Å². The second kappa shape index (κ2) is 7.98. The molecule has 3 aliphatic rings. The third kappa shape index (κ3) is 4.40. The Hall–Kier alpha value is -0.570. The van der Waals surface area contributed by atoms with Crippen LogP contribution in [0.1, 0.15) is 75.7 Å². The fraction of sp³-hybridized carbons (Fsp3) is 0.727. The van der Waals surface area contributed by atoms with E-state index < -0.39 is 0 Å². The van der Waals surface area contributed by atoms with Crippen molar-refractivity contribution in [2.45, 2.75) is 75.9 Å². The van der Waals surface area contributed by atoms with Crippen LogP contribution in [0.2, 0.25) is 5.02 Å². The van der Waals surface area contributed by atoms with E-state index >= 15 is 0 Å². The Kier molecular flexibility index (Phi) is 5.69. The molecular weight excluding hydrogens is 332 g/mol. The van der Waals surface area contributed by atoms with Crippen molar-refractivity contribution in [3.05, 3.63) is 34.9 Å². The van der Waals surface area contributed by atoms with Gasteiger partial charge in [0.1, 0.15) is 0 Å². The van der Waals surface area contributed by atoms with Gasteiger partial charge >= 0.3 is 0 Å². The lowest BCUT2D eigenvalue weighted by Gasteiger charge is -2.36. The minimum Gasteiger partial charge on any atom is -0.348 e. The molecule has 3 heteroatoms. The second-order valence-corrected chi connectivity index (χ2v) is 8.83. The van der Waals surface area contributed by atoms with Crippen molar-refractivity contribution in [3.8, 4) is 0 Å². The molecule has 0 atom stereocenters. The molecule has 0 N–H and O–H groups in total. The van der Waals surface area contributed by atoms with Crippen LogP contribution in [0, 0.1) is 11.8 Å². The summed E-state index contributed by atoms with van der Waals surface area (Å²) in [5, 5.41) is 0.847. The van der Waals surface area contributed by atoms with Gasteiger partial charge in [-0.1, -0.05) is 36.6 Å². The summed E-state index contributed by atoms with van der Waals surface area (Å²) in [6.07, 6.45) is 13.1. The minimum atomic E-state index is -0.187. The molecular formula is C22H31ClO2. The first-order chi connectivity index (χ1) is 12.2. The highest BCUT2D eigenvalue weighted by Crippen LogP contribution is 2.42. The molecule has 0 amide bonds. The van der Waals surface area contributed by atoms with E-state index in [9.17, 15) is 0 Å². The maximum atomic E-state index is 6.01. The molecule has 138 valence electrons. The van der Waals surface area contributed by atoms with E-state index in [1.165, 1.54) is 56.9 Å². The lowest BCUT2D eigenvalue weighted by Crippen LogP contribution is -2.35. The fourth-order valence-electron chi connectivity index (χ4n) is 5.18. The Balaban J connectivity index is 1.17. The average molecular weight is 363 g/mol. The Morgan fingerprint density at radius 1 is 0.800 bits per heavy atom. The molecule has 3 fully saturated rings. The van der Waals surface area contributed by atoms with Crippen LogP contribution in [-0.4, -0.2) is 19.0 Å². The molecule has 0 radical (unpaired) electrons. The zero-order chi connectivity index (χ0) is 17.1. The maximum Gasteiger partial charge on any atom is 0.168 e. The first kappa shape index (κ1) is 17.8. The van der Waals surface area contributed by atoms with Crippen molar-refractivity contribution in [1.29, 1.82) is 0 Å². The molecule has 2 aliphatic carbocycles. The summed E-state index contributed by atoms with van der Waals surface area (Å²) in [5.41, 5.74) is 1.48. The van der Waals surface area contributed by atoms with Crippen molar-refractivity contribution in [2.24, 2.45) is 11.8 Å². The number of ether oxygens (including phenoxy) is 2. The first-order valence-electron chi connectivity index (χ1n) is 10.3. The highest BCUT2D eigenvalue weighted by molar-refractivity contribution is 6.30. The van der Waals surface area contributed by atoms with Crippen molar-refractivity contribution in [3.63, 3.8) is 0 Å². The molecule has 0 aromatic heterocycles. The summed E-state index contributed by atoms with van der Waals surface area (Å²) >= 11 is 6.01. The zero-order valence-electron chi connectivity index (χ0n) is 15.2. The normalized spacial score (nSPS) is 30.0. The van der Waals surface area contributed by atoms with Crippen LogP contribution in [0.15, 0.2) is 24.3 Å². The number of halogens is 1. The lowest BCUT2D eigenvalue weighted by atomic mass is 9.75. The van der Waals surface area contributed by atoms with E-state index in [2.05, 4.69) is 12.1 Å². The number of rotatable bonds is 4. The maximum absolute atomic E-state index is 6.01. The van der Waals surface area contributed by atoms with Crippen LogP contribution in [0.5, 0.6) is 0 Å². The second-order valence-electron chi connectivity index (χ2n) is 8.40. The molecule has 2 saturated carbocycles. The SMILES string of the molecule is Clc1ccc([C@H]2CC[C@H](CCC3CCC4(CC3)OCCO4)CC2)cc1. The van der Waals surface area contributed by atoms with Gasteiger partial charge < -0.3 is 9.47 Å². The quantitative estimate of drug-likeness (QED) is 0.623. The summed E-state index contributed by atoms with van der Waals surface area (Å²) in [7, 11) is 0. The van der Waals surface area contributed by atoms with Crippen molar-refractivity contribution in [1.82, 2.24) is 0 Å². The number of hydrogen-bond donors (Lipinski definition) is 0. The third-order valence-electron chi connectivity index (χ3n) is 6.85. The predicted molar refractivity (Wildman–Crippen MR) is 102 cm³/mol. The highest BCUT2D eigenvalue weighted by atomic mass is 35.5. The zero-order valence-corrected chi connectivity index (χ0v) is 16.0. The van der Waals surface area contributed by atoms with E-state index in [-0.39, 0.29) is 5.79 Å². The van der Waals surface area contributed by atoms with Crippen LogP contribution in [0.25, 0.3) is 0 Å². The van der Waals surface area contributed by atoms with Gasteiger partial charge in [-0.2, -0.15) is 0 Å². The van der Waals surface area contributed by atoms with Gasteiger partial charge in [0.25, 0.3) is 0 Å². The monoisotopic (exact) mass is 362 g/mol. The minimum absolute atomic E-state index is 0.187. The molecule has 1 aromatic carbocycles. The Morgan fingerprint density at radius 2 is 1.36 bits per heavy atom. The largest absolute Gasteiger partial charge is 0.348 e. The van der Waals surface area contributed by atoms with Gasteiger partial charge in [0.15, 0.2) is 5.79 Å². The molecule has 1 spiro atoms. The van der Waals surface area contributed by atoms with E-state index in [1.54, 1.807) is 0 Å². The highest BCUT2D eigenvalue weighted by Gasteiger charge is 2.40. The number of hydrogen-bond acceptors (Lipinski definition) is 2. The van der Waals surface area contributed by atoms with E-state index in [4.69, 9.17) is 21.1 Å². The van der Waals surface area contributed by atoms with Gasteiger partial charge in [0.05, 0.1) is 13.2 Å². The Labute approximate surface area is 157 Å². The standard InChI is InChI=1S/C22H31ClO2/c23-21-9-7-20(8-10-21)19-5-3-17(4-6-19)1-2-18-11-13-22(14-12-18)24-15-16-25-22/h7-10,17-19H,1-6,11-16H2/t17-,19-. The van der Waals surface area contributed by atoms with Gasteiger partial charge in [-0.05, 0) is 74.0 Å². The molecule has 25 heavy (non-hydrogen) atoms. The summed E-state index contributed by atoms with van der Waals surface area (Å²) in [6, 6.07) is 8.52. The molecule has 2 nitrogen and oxygen atoms in total.